The third-order valence-corrected chi connectivity index (χ3v) is 7.64. The molecule has 0 bridgehead atoms. The Hall–Kier alpha value is -3.17. The zero-order valence-corrected chi connectivity index (χ0v) is 23.4. The number of nitrogens with zero attached hydrogens (tertiary/aromatic N) is 2. The lowest BCUT2D eigenvalue weighted by atomic mass is 10.0. The van der Waals surface area contributed by atoms with Crippen LogP contribution in [0.3, 0.4) is 0 Å². The Morgan fingerprint density at radius 3 is 2.14 bits per heavy atom. The first-order valence-electron chi connectivity index (χ1n) is 12.0. The van der Waals surface area contributed by atoms with Gasteiger partial charge in [-0.1, -0.05) is 76.6 Å². The van der Waals surface area contributed by atoms with Gasteiger partial charge in [-0.2, -0.15) is 0 Å². The fourth-order valence-electron chi connectivity index (χ4n) is 4.15. The number of amides is 2. The average molecular weight is 587 g/mol. The van der Waals surface area contributed by atoms with Crippen molar-refractivity contribution in [1.82, 2.24) is 10.2 Å². The van der Waals surface area contributed by atoms with Gasteiger partial charge in [-0.05, 0) is 41.8 Å². The van der Waals surface area contributed by atoms with Crippen molar-refractivity contribution in [3.8, 4) is 0 Å². The number of hydrogen-bond acceptors (Lipinski definition) is 4. The second-order valence-electron chi connectivity index (χ2n) is 8.75. The van der Waals surface area contributed by atoms with Crippen LogP contribution in [0.25, 0.3) is 0 Å². The maximum atomic E-state index is 13.6. The van der Waals surface area contributed by atoms with Gasteiger partial charge in [0.15, 0.2) is 0 Å². The number of sulfonamides is 1. The minimum atomic E-state index is -3.52. The van der Waals surface area contributed by atoms with Crippen molar-refractivity contribution in [2.75, 3.05) is 24.2 Å². The first kappa shape index (κ1) is 28.4. The highest BCUT2D eigenvalue weighted by Crippen LogP contribution is 2.21. The number of para-hydroxylation sites is 1. The Morgan fingerprint density at radius 2 is 1.54 bits per heavy atom. The number of rotatable bonds is 12. The van der Waals surface area contributed by atoms with E-state index in [4.69, 9.17) is 0 Å². The molecular weight excluding hydrogens is 554 g/mol. The number of likely N-dealkylation sites (N-methyl/N-ethyl adjacent to an activating group) is 1. The van der Waals surface area contributed by atoms with Gasteiger partial charge in [0.1, 0.15) is 6.04 Å². The SMILES string of the molecule is CNC(=O)[C@@H](Cc1ccccc1)N(Cc1cccc(Br)c1)C(=O)CCCN(c1ccccc1)S(C)(=O)=O. The van der Waals surface area contributed by atoms with Crippen molar-refractivity contribution in [1.29, 1.82) is 0 Å². The van der Waals surface area contributed by atoms with Gasteiger partial charge < -0.3 is 10.2 Å². The van der Waals surface area contributed by atoms with E-state index in [1.54, 1.807) is 36.2 Å². The molecule has 0 saturated carbocycles. The molecule has 0 radical (unpaired) electrons. The molecule has 1 atom stereocenters. The molecule has 3 aromatic rings. The number of anilines is 1. The minimum absolute atomic E-state index is 0.0924. The number of carbonyl (C=O) groups excluding carboxylic acids is 2. The number of hydrogen-bond donors (Lipinski definition) is 1. The number of benzene rings is 3. The summed E-state index contributed by atoms with van der Waals surface area (Å²) >= 11 is 3.48. The normalized spacial score (nSPS) is 12.0. The maximum Gasteiger partial charge on any atom is 0.242 e. The number of carbonyl (C=O) groups is 2. The molecule has 196 valence electrons. The smallest absolute Gasteiger partial charge is 0.242 e. The predicted octanol–water partition coefficient (Wildman–Crippen LogP) is 4.38. The molecule has 1 N–H and O–H groups in total. The molecular formula is C28H32BrN3O4S. The maximum absolute atomic E-state index is 13.6. The Bertz CT molecular complexity index is 1290. The largest absolute Gasteiger partial charge is 0.357 e. The molecule has 2 amide bonds. The van der Waals surface area contributed by atoms with Gasteiger partial charge in [0.05, 0.1) is 11.9 Å². The molecule has 3 rings (SSSR count). The summed E-state index contributed by atoms with van der Waals surface area (Å²) in [6, 6.07) is 25.3. The lowest BCUT2D eigenvalue weighted by Crippen LogP contribution is -2.49. The second kappa shape index (κ2) is 13.4. The van der Waals surface area contributed by atoms with E-state index in [2.05, 4.69) is 21.2 Å². The highest BCUT2D eigenvalue weighted by atomic mass is 79.9. The number of halogens is 1. The van der Waals surface area contributed by atoms with Crippen LogP contribution in [-0.4, -0.2) is 51.0 Å². The molecule has 9 heteroatoms. The fourth-order valence-corrected chi connectivity index (χ4v) is 5.56. The first-order chi connectivity index (χ1) is 17.7. The quantitative estimate of drug-likeness (QED) is 0.342. The highest BCUT2D eigenvalue weighted by Gasteiger charge is 2.30. The van der Waals surface area contributed by atoms with Crippen LogP contribution in [0.2, 0.25) is 0 Å². The van der Waals surface area contributed by atoms with E-state index in [9.17, 15) is 18.0 Å². The third-order valence-electron chi connectivity index (χ3n) is 5.96. The van der Waals surface area contributed by atoms with Crippen LogP contribution in [-0.2, 0) is 32.6 Å². The summed E-state index contributed by atoms with van der Waals surface area (Å²) in [5.41, 5.74) is 2.37. The van der Waals surface area contributed by atoms with Crippen molar-refractivity contribution in [3.63, 3.8) is 0 Å². The summed E-state index contributed by atoms with van der Waals surface area (Å²) in [5, 5.41) is 2.70. The van der Waals surface area contributed by atoms with Gasteiger partial charge in [0.25, 0.3) is 0 Å². The van der Waals surface area contributed by atoms with Crippen LogP contribution in [0.1, 0.15) is 24.0 Å². The standard InChI is InChI=1S/C28H32BrN3O4S/c1-30-28(34)26(20-22-11-5-3-6-12-22)31(21-23-13-9-14-24(29)19-23)27(33)17-10-18-32(37(2,35)36)25-15-7-4-8-16-25/h3-9,11-16,19,26H,10,17-18,20-21H2,1-2H3,(H,30,34)/t26-/m1/s1. The summed E-state index contributed by atoms with van der Waals surface area (Å²) in [6.07, 6.45) is 1.92. The van der Waals surface area contributed by atoms with Crippen molar-refractivity contribution in [2.24, 2.45) is 0 Å². The summed E-state index contributed by atoms with van der Waals surface area (Å²) in [4.78, 5) is 28.2. The van der Waals surface area contributed by atoms with E-state index in [0.717, 1.165) is 21.9 Å². The predicted molar refractivity (Wildman–Crippen MR) is 151 cm³/mol. The van der Waals surface area contributed by atoms with E-state index in [-0.39, 0.29) is 31.3 Å². The molecule has 0 saturated heterocycles. The molecule has 3 aromatic carbocycles. The van der Waals surface area contributed by atoms with Crippen molar-refractivity contribution in [2.45, 2.75) is 31.8 Å². The average Bonchev–Trinajstić information content (AvgIpc) is 2.88. The van der Waals surface area contributed by atoms with E-state index in [0.29, 0.717) is 18.5 Å². The Morgan fingerprint density at radius 1 is 0.919 bits per heavy atom. The van der Waals surface area contributed by atoms with E-state index in [1.807, 2.05) is 60.7 Å². The summed E-state index contributed by atoms with van der Waals surface area (Å²) in [6.45, 7) is 0.403. The molecule has 0 unspecified atom stereocenters. The van der Waals surface area contributed by atoms with Crippen LogP contribution in [0.5, 0.6) is 0 Å². The first-order valence-corrected chi connectivity index (χ1v) is 14.7. The van der Waals surface area contributed by atoms with Crippen LogP contribution < -0.4 is 9.62 Å². The van der Waals surface area contributed by atoms with Gasteiger partial charge >= 0.3 is 0 Å². The van der Waals surface area contributed by atoms with Gasteiger partial charge in [-0.25, -0.2) is 8.42 Å². The molecule has 0 aliphatic rings. The van der Waals surface area contributed by atoms with Gasteiger partial charge in [0.2, 0.25) is 21.8 Å². The third kappa shape index (κ3) is 8.43. The van der Waals surface area contributed by atoms with Gasteiger partial charge in [-0.3, -0.25) is 13.9 Å². The Labute approximate surface area is 227 Å². The van der Waals surface area contributed by atoms with Crippen LogP contribution in [0.15, 0.2) is 89.4 Å². The molecule has 7 nitrogen and oxygen atoms in total. The molecule has 0 spiro atoms. The Kier molecular flexibility index (Phi) is 10.3. The van der Waals surface area contributed by atoms with Crippen molar-refractivity contribution in [3.05, 3.63) is 101 Å². The molecule has 0 aromatic heterocycles. The lowest BCUT2D eigenvalue weighted by Gasteiger charge is -2.31. The second-order valence-corrected chi connectivity index (χ2v) is 11.6. The number of nitrogens with one attached hydrogen (secondary N) is 1. The summed E-state index contributed by atoms with van der Waals surface area (Å²) in [7, 11) is -1.96. The lowest BCUT2D eigenvalue weighted by molar-refractivity contribution is -0.141. The molecule has 0 heterocycles. The van der Waals surface area contributed by atoms with Crippen LogP contribution in [0, 0.1) is 0 Å². The van der Waals surface area contributed by atoms with Crippen molar-refractivity contribution < 1.29 is 18.0 Å². The van der Waals surface area contributed by atoms with Crippen LogP contribution in [0.4, 0.5) is 5.69 Å². The molecule has 0 fully saturated rings. The van der Waals surface area contributed by atoms with Crippen LogP contribution >= 0.6 is 15.9 Å². The zero-order chi connectivity index (χ0) is 26.8. The minimum Gasteiger partial charge on any atom is -0.357 e. The highest BCUT2D eigenvalue weighted by molar-refractivity contribution is 9.10. The molecule has 0 aliphatic heterocycles. The van der Waals surface area contributed by atoms with Gasteiger partial charge in [0, 0.05) is 37.5 Å². The van der Waals surface area contributed by atoms with E-state index < -0.39 is 16.1 Å². The molecule has 37 heavy (non-hydrogen) atoms. The zero-order valence-electron chi connectivity index (χ0n) is 21.0. The molecule has 0 aliphatic carbocycles. The fraction of sp³-hybridized carbons (Fsp3) is 0.286. The van der Waals surface area contributed by atoms with Crippen molar-refractivity contribution >= 4 is 43.5 Å². The van der Waals surface area contributed by atoms with E-state index >= 15 is 0 Å². The topological polar surface area (TPSA) is 86.8 Å². The monoisotopic (exact) mass is 585 g/mol. The summed E-state index contributed by atoms with van der Waals surface area (Å²) in [5.74, 6) is -0.472. The van der Waals surface area contributed by atoms with E-state index in [1.165, 1.54) is 4.31 Å². The summed E-state index contributed by atoms with van der Waals surface area (Å²) < 4.78 is 27.0. The Balaban J connectivity index is 1.83. The van der Waals surface area contributed by atoms with Gasteiger partial charge in [-0.15, -0.1) is 0 Å².